The number of amides is 2. The fraction of sp³-hybridized carbons (Fsp3) is 0.467. The van der Waals surface area contributed by atoms with E-state index in [0.717, 1.165) is 0 Å². The lowest BCUT2D eigenvalue weighted by molar-refractivity contribution is -0.139. The monoisotopic (exact) mass is 294 g/mol. The number of benzene rings is 1. The number of urea groups is 1. The van der Waals surface area contributed by atoms with Crippen LogP contribution in [0.4, 0.5) is 10.5 Å². The predicted molar refractivity (Wildman–Crippen MR) is 80.7 cm³/mol. The Morgan fingerprint density at radius 1 is 1.24 bits per heavy atom. The molecule has 0 aliphatic rings. The van der Waals surface area contributed by atoms with E-state index in [9.17, 15) is 9.59 Å². The summed E-state index contributed by atoms with van der Waals surface area (Å²) >= 11 is 0. The molecule has 0 aliphatic carbocycles. The molecule has 0 bridgehead atoms. The quantitative estimate of drug-likeness (QED) is 0.721. The first-order chi connectivity index (χ1) is 9.92. The molecule has 1 aromatic carbocycles. The van der Waals surface area contributed by atoms with Gasteiger partial charge in [-0.2, -0.15) is 0 Å². The summed E-state index contributed by atoms with van der Waals surface area (Å²) in [5.74, 6) is -0.321. The highest BCUT2D eigenvalue weighted by Crippen LogP contribution is 2.16. The first-order valence-corrected chi connectivity index (χ1v) is 6.99. The van der Waals surface area contributed by atoms with Crippen molar-refractivity contribution in [2.75, 3.05) is 5.32 Å². The van der Waals surface area contributed by atoms with Gasteiger partial charge in [0, 0.05) is 5.69 Å². The Balaban J connectivity index is 2.56. The van der Waals surface area contributed by atoms with Crippen LogP contribution in [0.15, 0.2) is 24.3 Å². The molecule has 3 N–H and O–H groups in total. The summed E-state index contributed by atoms with van der Waals surface area (Å²) in [4.78, 5) is 22.7. The van der Waals surface area contributed by atoms with E-state index in [1.807, 2.05) is 20.8 Å². The standard InChI is InChI=1S/C15H22N2O4/c1-4-5-13(14(18)19)17-15(20)16-11-6-8-12(9-7-11)21-10(2)3/h6-10,13H,4-5H2,1-3H3,(H,18,19)(H2,16,17,20)/t13-/m1/s1. The van der Waals surface area contributed by atoms with Crippen LogP contribution in [0, 0.1) is 0 Å². The van der Waals surface area contributed by atoms with Crippen molar-refractivity contribution in [3.63, 3.8) is 0 Å². The molecule has 0 unspecified atom stereocenters. The molecule has 1 aromatic rings. The minimum absolute atomic E-state index is 0.0810. The maximum atomic E-state index is 11.7. The molecule has 1 atom stereocenters. The van der Waals surface area contributed by atoms with Crippen LogP contribution in [0.25, 0.3) is 0 Å². The molecule has 0 heterocycles. The highest BCUT2D eigenvalue weighted by molar-refractivity contribution is 5.92. The third-order valence-corrected chi connectivity index (χ3v) is 2.66. The zero-order valence-corrected chi connectivity index (χ0v) is 12.6. The fourth-order valence-corrected chi connectivity index (χ4v) is 1.76. The largest absolute Gasteiger partial charge is 0.491 e. The van der Waals surface area contributed by atoms with E-state index in [2.05, 4.69) is 10.6 Å². The van der Waals surface area contributed by atoms with E-state index in [1.54, 1.807) is 24.3 Å². The zero-order valence-electron chi connectivity index (χ0n) is 12.6. The molecule has 0 spiro atoms. The van der Waals surface area contributed by atoms with E-state index >= 15 is 0 Å². The van der Waals surface area contributed by atoms with Crippen LogP contribution < -0.4 is 15.4 Å². The predicted octanol–water partition coefficient (Wildman–Crippen LogP) is 2.85. The van der Waals surface area contributed by atoms with Crippen LogP contribution in [-0.4, -0.2) is 29.3 Å². The highest BCUT2D eigenvalue weighted by Gasteiger charge is 2.18. The molecule has 6 nitrogen and oxygen atoms in total. The maximum absolute atomic E-state index is 11.7. The number of carboxylic acids is 1. The molecule has 1 rings (SSSR count). The van der Waals surface area contributed by atoms with Crippen molar-refractivity contribution < 1.29 is 19.4 Å². The number of carboxylic acid groups (broad SMARTS) is 1. The van der Waals surface area contributed by atoms with Gasteiger partial charge in [-0.25, -0.2) is 9.59 Å². The maximum Gasteiger partial charge on any atom is 0.326 e. The molecule has 0 saturated heterocycles. The van der Waals surface area contributed by atoms with E-state index in [0.29, 0.717) is 24.3 Å². The van der Waals surface area contributed by atoms with Gasteiger partial charge in [-0.15, -0.1) is 0 Å². The Labute approximate surface area is 124 Å². The van der Waals surface area contributed by atoms with Crippen molar-refractivity contribution in [1.82, 2.24) is 5.32 Å². The van der Waals surface area contributed by atoms with Crippen molar-refractivity contribution in [3.8, 4) is 5.75 Å². The third-order valence-electron chi connectivity index (χ3n) is 2.66. The number of anilines is 1. The molecular formula is C15H22N2O4. The second kappa shape index (κ2) is 8.14. The molecule has 0 radical (unpaired) electrons. The van der Waals surface area contributed by atoms with Crippen molar-refractivity contribution in [2.45, 2.75) is 45.8 Å². The second-order valence-corrected chi connectivity index (χ2v) is 4.97. The Morgan fingerprint density at radius 3 is 2.33 bits per heavy atom. The van der Waals surface area contributed by atoms with Gasteiger partial charge in [0.15, 0.2) is 0 Å². The summed E-state index contributed by atoms with van der Waals surface area (Å²) in [5.41, 5.74) is 0.573. The molecule has 21 heavy (non-hydrogen) atoms. The summed E-state index contributed by atoms with van der Waals surface area (Å²) in [6, 6.07) is 5.49. The topological polar surface area (TPSA) is 87.7 Å². The highest BCUT2D eigenvalue weighted by atomic mass is 16.5. The number of hydrogen-bond donors (Lipinski definition) is 3. The smallest absolute Gasteiger partial charge is 0.326 e. The summed E-state index contributed by atoms with van der Waals surface area (Å²) in [5, 5.41) is 14.0. The van der Waals surface area contributed by atoms with Gasteiger partial charge in [0.1, 0.15) is 11.8 Å². The Kier molecular flexibility index (Phi) is 6.52. The van der Waals surface area contributed by atoms with Gasteiger partial charge in [-0.1, -0.05) is 13.3 Å². The van der Waals surface area contributed by atoms with E-state index in [1.165, 1.54) is 0 Å². The van der Waals surface area contributed by atoms with Crippen LogP contribution >= 0.6 is 0 Å². The average molecular weight is 294 g/mol. The average Bonchev–Trinajstić information content (AvgIpc) is 2.40. The number of ether oxygens (including phenoxy) is 1. The van der Waals surface area contributed by atoms with Gasteiger partial charge in [-0.05, 0) is 44.5 Å². The summed E-state index contributed by atoms with van der Waals surface area (Å²) in [6.45, 7) is 5.72. The van der Waals surface area contributed by atoms with Crippen LogP contribution in [0.1, 0.15) is 33.6 Å². The first kappa shape index (κ1) is 16.8. The Morgan fingerprint density at radius 2 is 1.86 bits per heavy atom. The van der Waals surface area contributed by atoms with Gasteiger partial charge in [-0.3, -0.25) is 0 Å². The summed E-state index contributed by atoms with van der Waals surface area (Å²) < 4.78 is 5.50. The molecular weight excluding hydrogens is 272 g/mol. The normalized spacial score (nSPS) is 11.8. The van der Waals surface area contributed by atoms with Crippen molar-refractivity contribution in [2.24, 2.45) is 0 Å². The molecule has 0 aliphatic heterocycles. The van der Waals surface area contributed by atoms with E-state index in [-0.39, 0.29) is 6.10 Å². The Bertz CT molecular complexity index is 471. The molecule has 0 aromatic heterocycles. The molecule has 116 valence electrons. The molecule has 2 amide bonds. The summed E-state index contributed by atoms with van der Waals surface area (Å²) in [6.07, 6.45) is 1.15. The fourth-order valence-electron chi connectivity index (χ4n) is 1.76. The molecule has 6 heteroatoms. The lowest BCUT2D eigenvalue weighted by Crippen LogP contribution is -2.42. The first-order valence-electron chi connectivity index (χ1n) is 6.99. The minimum Gasteiger partial charge on any atom is -0.491 e. The van der Waals surface area contributed by atoms with E-state index in [4.69, 9.17) is 9.84 Å². The van der Waals surface area contributed by atoms with Gasteiger partial charge >= 0.3 is 12.0 Å². The minimum atomic E-state index is -1.03. The van der Waals surface area contributed by atoms with Crippen molar-refractivity contribution in [1.29, 1.82) is 0 Å². The number of rotatable bonds is 7. The summed E-state index contributed by atoms with van der Waals surface area (Å²) in [7, 11) is 0. The van der Waals surface area contributed by atoms with Crippen LogP contribution in [0.3, 0.4) is 0 Å². The number of aliphatic carboxylic acids is 1. The Hall–Kier alpha value is -2.24. The SMILES string of the molecule is CCC[C@@H](NC(=O)Nc1ccc(OC(C)C)cc1)C(=O)O. The van der Waals surface area contributed by atoms with Crippen molar-refractivity contribution >= 4 is 17.7 Å². The third kappa shape index (κ3) is 6.16. The zero-order chi connectivity index (χ0) is 15.8. The van der Waals surface area contributed by atoms with E-state index < -0.39 is 18.0 Å². The molecule has 0 fully saturated rings. The van der Waals surface area contributed by atoms with Gasteiger partial charge in [0.05, 0.1) is 6.10 Å². The lowest BCUT2D eigenvalue weighted by Gasteiger charge is -2.15. The van der Waals surface area contributed by atoms with Crippen molar-refractivity contribution in [3.05, 3.63) is 24.3 Å². The number of hydrogen-bond acceptors (Lipinski definition) is 3. The van der Waals surface area contributed by atoms with Crippen LogP contribution in [0.5, 0.6) is 5.75 Å². The van der Waals surface area contributed by atoms with Gasteiger partial charge in [0.2, 0.25) is 0 Å². The lowest BCUT2D eigenvalue weighted by atomic mass is 10.2. The van der Waals surface area contributed by atoms with Crippen LogP contribution in [-0.2, 0) is 4.79 Å². The number of carbonyl (C=O) groups excluding carboxylic acids is 1. The van der Waals surface area contributed by atoms with Gasteiger partial charge in [0.25, 0.3) is 0 Å². The van der Waals surface area contributed by atoms with Gasteiger partial charge < -0.3 is 20.5 Å². The molecule has 0 saturated carbocycles. The number of carbonyl (C=O) groups is 2. The van der Waals surface area contributed by atoms with Crippen LogP contribution in [0.2, 0.25) is 0 Å². The number of nitrogens with one attached hydrogen (secondary N) is 2. The second-order valence-electron chi connectivity index (χ2n) is 4.97.